The van der Waals surface area contributed by atoms with E-state index in [9.17, 15) is 4.79 Å². The van der Waals surface area contributed by atoms with Crippen LogP contribution in [-0.2, 0) is 4.79 Å². The molecule has 132 valence electrons. The summed E-state index contributed by atoms with van der Waals surface area (Å²) in [7, 11) is 1.96. The summed E-state index contributed by atoms with van der Waals surface area (Å²) in [5.41, 5.74) is 2.18. The molecule has 2 aromatic rings. The molecule has 1 unspecified atom stereocenters. The zero-order chi connectivity index (χ0) is 17.5. The molecule has 0 aromatic heterocycles. The van der Waals surface area contributed by atoms with Gasteiger partial charge in [-0.1, -0.05) is 48.5 Å². The fourth-order valence-corrected chi connectivity index (χ4v) is 3.37. The van der Waals surface area contributed by atoms with Gasteiger partial charge in [0.25, 0.3) is 0 Å². The van der Waals surface area contributed by atoms with Crippen LogP contribution in [0.2, 0.25) is 0 Å². The van der Waals surface area contributed by atoms with Crippen LogP contribution in [0.4, 0.5) is 0 Å². The fraction of sp³-hybridized carbons (Fsp3) is 0.381. The SMILES string of the molecule is CNCC1CCN(C(=O)CCOc2ccccc2-c2ccccc2)C1. The number of carbonyl (C=O) groups is 1. The molecule has 25 heavy (non-hydrogen) atoms. The van der Waals surface area contributed by atoms with E-state index in [1.54, 1.807) is 0 Å². The van der Waals surface area contributed by atoms with Gasteiger partial charge in [-0.3, -0.25) is 4.79 Å². The predicted octanol–water partition coefficient (Wildman–Crippen LogP) is 3.19. The molecule has 2 aromatic carbocycles. The minimum Gasteiger partial charge on any atom is -0.492 e. The first-order valence-electron chi connectivity index (χ1n) is 8.97. The molecule has 4 heteroatoms. The van der Waals surface area contributed by atoms with Crippen LogP contribution in [0.15, 0.2) is 54.6 Å². The molecule has 1 fully saturated rings. The number of hydrogen-bond donors (Lipinski definition) is 1. The number of benzene rings is 2. The van der Waals surface area contributed by atoms with Gasteiger partial charge in [-0.05, 0) is 37.6 Å². The maximum Gasteiger partial charge on any atom is 0.226 e. The number of carbonyl (C=O) groups excluding carboxylic acids is 1. The van der Waals surface area contributed by atoms with E-state index in [2.05, 4.69) is 23.5 Å². The topological polar surface area (TPSA) is 41.6 Å². The molecule has 0 radical (unpaired) electrons. The van der Waals surface area contributed by atoms with Crippen molar-refractivity contribution in [2.24, 2.45) is 5.92 Å². The van der Waals surface area contributed by atoms with Crippen LogP contribution < -0.4 is 10.1 Å². The highest BCUT2D eigenvalue weighted by Crippen LogP contribution is 2.29. The summed E-state index contributed by atoms with van der Waals surface area (Å²) in [6.45, 7) is 3.12. The number of hydrogen-bond acceptors (Lipinski definition) is 3. The van der Waals surface area contributed by atoms with Gasteiger partial charge in [0.2, 0.25) is 5.91 Å². The van der Waals surface area contributed by atoms with E-state index < -0.39 is 0 Å². The van der Waals surface area contributed by atoms with Crippen LogP contribution in [0.5, 0.6) is 5.75 Å². The van der Waals surface area contributed by atoms with Crippen LogP contribution in [0.1, 0.15) is 12.8 Å². The zero-order valence-electron chi connectivity index (χ0n) is 14.8. The standard InChI is InChI=1S/C21H26N2O2/c1-22-15-17-11-13-23(16-17)21(24)12-14-25-20-10-6-5-9-19(20)18-7-3-2-4-8-18/h2-10,17,22H,11-16H2,1H3. The molecule has 0 aliphatic carbocycles. The minimum atomic E-state index is 0.191. The highest BCUT2D eigenvalue weighted by molar-refractivity contribution is 5.76. The molecule has 1 saturated heterocycles. The smallest absolute Gasteiger partial charge is 0.226 e. The Hall–Kier alpha value is -2.33. The summed E-state index contributed by atoms with van der Waals surface area (Å²) in [5, 5.41) is 3.19. The second-order valence-corrected chi connectivity index (χ2v) is 6.51. The first kappa shape index (κ1) is 17.5. The van der Waals surface area contributed by atoms with Crippen molar-refractivity contribution in [3.05, 3.63) is 54.6 Å². The molecule has 1 amide bonds. The second-order valence-electron chi connectivity index (χ2n) is 6.51. The lowest BCUT2D eigenvalue weighted by Gasteiger charge is -2.17. The van der Waals surface area contributed by atoms with Crippen LogP contribution >= 0.6 is 0 Å². The summed E-state index contributed by atoms with van der Waals surface area (Å²) in [6.07, 6.45) is 1.51. The third-order valence-electron chi connectivity index (χ3n) is 4.68. The molecule has 4 nitrogen and oxygen atoms in total. The molecule has 1 heterocycles. The van der Waals surface area contributed by atoms with Crippen LogP contribution in [0, 0.1) is 5.92 Å². The van der Waals surface area contributed by atoms with Crippen molar-refractivity contribution < 1.29 is 9.53 Å². The van der Waals surface area contributed by atoms with E-state index in [4.69, 9.17) is 4.74 Å². The highest BCUT2D eigenvalue weighted by Gasteiger charge is 2.25. The molecule has 1 aliphatic rings. The number of rotatable bonds is 7. The fourth-order valence-electron chi connectivity index (χ4n) is 3.37. The highest BCUT2D eigenvalue weighted by atomic mass is 16.5. The molecule has 0 bridgehead atoms. The third kappa shape index (κ3) is 4.60. The van der Waals surface area contributed by atoms with Crippen molar-refractivity contribution in [2.45, 2.75) is 12.8 Å². The average molecular weight is 338 g/mol. The number of likely N-dealkylation sites (tertiary alicyclic amines) is 1. The molecular formula is C21H26N2O2. The zero-order valence-corrected chi connectivity index (χ0v) is 14.8. The summed E-state index contributed by atoms with van der Waals surface area (Å²) in [5.74, 6) is 1.60. The lowest BCUT2D eigenvalue weighted by molar-refractivity contribution is -0.130. The molecule has 1 atom stereocenters. The molecule has 3 rings (SSSR count). The van der Waals surface area contributed by atoms with Gasteiger partial charge in [-0.2, -0.15) is 0 Å². The summed E-state index contributed by atoms with van der Waals surface area (Å²) >= 11 is 0. The Bertz CT molecular complexity index is 687. The summed E-state index contributed by atoms with van der Waals surface area (Å²) in [4.78, 5) is 14.3. The number of nitrogens with zero attached hydrogens (tertiary/aromatic N) is 1. The van der Waals surface area contributed by atoms with Crippen molar-refractivity contribution >= 4 is 5.91 Å². The Morgan fingerprint density at radius 1 is 1.16 bits per heavy atom. The first-order valence-corrected chi connectivity index (χ1v) is 8.97. The number of nitrogens with one attached hydrogen (secondary N) is 1. The van der Waals surface area contributed by atoms with Crippen molar-refractivity contribution in [3.8, 4) is 16.9 Å². The lowest BCUT2D eigenvalue weighted by atomic mass is 10.1. The Kier molecular flexibility index (Phi) is 6.07. The largest absolute Gasteiger partial charge is 0.492 e. The van der Waals surface area contributed by atoms with Crippen LogP contribution in [0.25, 0.3) is 11.1 Å². The van der Waals surface area contributed by atoms with Crippen molar-refractivity contribution in [3.63, 3.8) is 0 Å². The third-order valence-corrected chi connectivity index (χ3v) is 4.68. The number of para-hydroxylation sites is 1. The van der Waals surface area contributed by atoms with Crippen molar-refractivity contribution in [1.82, 2.24) is 10.2 Å². The maximum atomic E-state index is 12.4. The number of amides is 1. The maximum absolute atomic E-state index is 12.4. The Labute approximate surface area is 149 Å². The van der Waals surface area contributed by atoms with Gasteiger partial charge in [0.05, 0.1) is 13.0 Å². The Morgan fingerprint density at radius 3 is 2.72 bits per heavy atom. The van der Waals surface area contributed by atoms with Crippen molar-refractivity contribution in [1.29, 1.82) is 0 Å². The monoisotopic (exact) mass is 338 g/mol. The van der Waals surface area contributed by atoms with E-state index in [1.165, 1.54) is 0 Å². The molecular weight excluding hydrogens is 312 g/mol. The van der Waals surface area contributed by atoms with Gasteiger partial charge in [0.15, 0.2) is 0 Å². The van der Waals surface area contributed by atoms with Gasteiger partial charge in [0.1, 0.15) is 5.75 Å². The van der Waals surface area contributed by atoms with Crippen LogP contribution in [-0.4, -0.2) is 44.1 Å². The molecule has 0 saturated carbocycles. The molecule has 0 spiro atoms. The van der Waals surface area contributed by atoms with E-state index in [0.29, 0.717) is 18.9 Å². The van der Waals surface area contributed by atoms with Crippen LogP contribution in [0.3, 0.4) is 0 Å². The number of ether oxygens (including phenoxy) is 1. The van der Waals surface area contributed by atoms with Gasteiger partial charge in [-0.15, -0.1) is 0 Å². The average Bonchev–Trinajstić information content (AvgIpc) is 3.12. The lowest BCUT2D eigenvalue weighted by Crippen LogP contribution is -2.31. The van der Waals surface area contributed by atoms with Gasteiger partial charge < -0.3 is 15.0 Å². The normalized spacial score (nSPS) is 16.8. The van der Waals surface area contributed by atoms with Gasteiger partial charge in [-0.25, -0.2) is 0 Å². The summed E-state index contributed by atoms with van der Waals surface area (Å²) in [6, 6.07) is 18.2. The molecule has 1 N–H and O–H groups in total. The first-order chi connectivity index (χ1) is 12.3. The molecule has 1 aliphatic heterocycles. The minimum absolute atomic E-state index is 0.191. The summed E-state index contributed by atoms with van der Waals surface area (Å²) < 4.78 is 5.94. The predicted molar refractivity (Wildman–Crippen MR) is 101 cm³/mol. The second kappa shape index (κ2) is 8.67. The van der Waals surface area contributed by atoms with E-state index in [0.717, 1.165) is 42.9 Å². The van der Waals surface area contributed by atoms with E-state index in [1.807, 2.05) is 48.3 Å². The van der Waals surface area contributed by atoms with E-state index in [-0.39, 0.29) is 5.91 Å². The Morgan fingerprint density at radius 2 is 1.92 bits per heavy atom. The van der Waals surface area contributed by atoms with Gasteiger partial charge >= 0.3 is 0 Å². The Balaban J connectivity index is 1.54. The van der Waals surface area contributed by atoms with Crippen molar-refractivity contribution in [2.75, 3.05) is 33.3 Å². The quantitative estimate of drug-likeness (QED) is 0.843. The van der Waals surface area contributed by atoms with E-state index >= 15 is 0 Å². The van der Waals surface area contributed by atoms with Gasteiger partial charge in [0, 0.05) is 18.7 Å².